The molecule has 10 nitrogen and oxygen atoms in total. The molecule has 0 aliphatic heterocycles. The van der Waals surface area contributed by atoms with Gasteiger partial charge in [0.05, 0.1) is 6.04 Å². The Kier molecular flexibility index (Phi) is 10.0. The van der Waals surface area contributed by atoms with E-state index in [1.165, 1.54) is 18.0 Å². The molecule has 1 heterocycles. The van der Waals surface area contributed by atoms with Gasteiger partial charge in [-0.3, -0.25) is 10.0 Å². The maximum Gasteiger partial charge on any atom is 2.00 e. The number of nitrogens with zero attached hydrogens (tertiary/aromatic N) is 2. The number of imidazole rings is 1. The normalized spacial score (nSPS) is 11.7. The molecule has 105 valence electrons. The van der Waals surface area contributed by atoms with Crippen molar-refractivity contribution in [3.05, 3.63) is 18.2 Å². The zero-order chi connectivity index (χ0) is 13.5. The fourth-order valence-electron chi connectivity index (χ4n) is 0.767. The molecule has 1 atom stereocenters. The average molecular weight is 328 g/mol. The van der Waals surface area contributed by atoms with Gasteiger partial charge in [-0.1, -0.05) is 18.2 Å². The minimum Gasteiger partial charge on any atom is -0.450 e. The molecule has 4 N–H and O–H groups in total. The van der Waals surface area contributed by atoms with Crippen molar-refractivity contribution in [1.29, 1.82) is 0 Å². The third-order valence-corrected chi connectivity index (χ3v) is 1.39. The van der Waals surface area contributed by atoms with Crippen molar-refractivity contribution in [2.24, 2.45) is 5.73 Å². The van der Waals surface area contributed by atoms with Crippen LogP contribution in [0, 0.1) is 10.2 Å². The van der Waals surface area contributed by atoms with Crippen LogP contribution in [0.4, 0.5) is 0 Å². The van der Waals surface area contributed by atoms with Gasteiger partial charge in [0.15, 0.2) is 0 Å². The zero-order valence-electron chi connectivity index (χ0n) is 8.61. The van der Waals surface area contributed by atoms with Crippen molar-refractivity contribution in [3.63, 3.8) is 0 Å². The largest absolute Gasteiger partial charge is 2.00 e. The molecule has 0 saturated carbocycles. The number of nitrogens with one attached hydrogen (secondary N) is 1. The predicted molar refractivity (Wildman–Crippen MR) is 39.2 cm³/mol. The Balaban J connectivity index is 0. The summed E-state index contributed by atoms with van der Waals surface area (Å²) in [5.74, 6) is -0.627. The quantitative estimate of drug-likeness (QED) is 0.357. The van der Waals surface area contributed by atoms with Gasteiger partial charge in [-0.05, 0) is 6.42 Å². The monoisotopic (exact) mass is 327 g/mol. The molecule has 0 spiro atoms. The molecular formula is C6H9ClCoN4O6. The molecule has 1 aromatic rings. The first-order valence-electron chi connectivity index (χ1n) is 3.97. The molecule has 1 radical (unpaired) electrons. The van der Waals surface area contributed by atoms with Gasteiger partial charge >= 0.3 is 16.8 Å². The second kappa shape index (κ2) is 9.20. The molecule has 1 aromatic heterocycles. The van der Waals surface area contributed by atoms with E-state index in [2.05, 4.69) is 9.97 Å². The van der Waals surface area contributed by atoms with Crippen LogP contribution < -0.4 is 34.8 Å². The van der Waals surface area contributed by atoms with Crippen molar-refractivity contribution in [1.82, 2.24) is 15.4 Å². The van der Waals surface area contributed by atoms with E-state index in [0.29, 0.717) is 5.69 Å². The molecule has 0 fully saturated rings. The summed E-state index contributed by atoms with van der Waals surface area (Å²) in [4.78, 5) is 18.2. The van der Waals surface area contributed by atoms with Crippen molar-refractivity contribution in [2.45, 2.75) is 12.5 Å². The van der Waals surface area contributed by atoms with Gasteiger partial charge in [-0.2, -0.15) is 0 Å². The second-order valence-electron chi connectivity index (χ2n) is 2.68. The van der Waals surface area contributed by atoms with E-state index in [0.717, 1.165) is 0 Å². The summed E-state index contributed by atoms with van der Waals surface area (Å²) in [6, 6.07) is -0.785. The molecule has 0 aliphatic rings. The van der Waals surface area contributed by atoms with Crippen molar-refractivity contribution in [3.8, 4) is 0 Å². The summed E-state index contributed by atoms with van der Waals surface area (Å²) in [6.07, 6.45) is 3.16. The summed E-state index contributed by atoms with van der Waals surface area (Å²) in [6.45, 7) is 0. The number of rotatable bonds is 3. The molecule has 12 heteroatoms. The fraction of sp³-hybridized carbons (Fsp3) is 0.333. The van der Waals surface area contributed by atoms with Gasteiger partial charge < -0.3 is 15.7 Å². The van der Waals surface area contributed by atoms with Crippen LogP contribution in [-0.2, 0) is 28.0 Å². The van der Waals surface area contributed by atoms with E-state index in [1.54, 1.807) is 0 Å². The van der Waals surface area contributed by atoms with E-state index in [4.69, 9.17) is 29.6 Å². The first-order chi connectivity index (χ1) is 7.74. The van der Waals surface area contributed by atoms with Crippen LogP contribution in [0.2, 0.25) is 0 Å². The maximum atomic E-state index is 10.7. The average Bonchev–Trinajstić information content (AvgIpc) is 2.66. The summed E-state index contributed by atoms with van der Waals surface area (Å²) < 4.78 is 34.0. The molecule has 1 amide bonds. The molecule has 18 heavy (non-hydrogen) atoms. The van der Waals surface area contributed by atoms with E-state index in [9.17, 15) is 4.79 Å². The van der Waals surface area contributed by atoms with E-state index in [1.807, 2.05) is 0 Å². The number of carbonyl (C=O) groups excluding carboxylic acids is 1. The number of carbonyl (C=O) groups is 1. The Morgan fingerprint density at radius 2 is 2.06 bits per heavy atom. The summed E-state index contributed by atoms with van der Waals surface area (Å²) in [7, 11) is -4.94. The van der Waals surface area contributed by atoms with E-state index in [-0.39, 0.29) is 23.2 Å². The SMILES string of the molecule is N[C@@H](Cc1c[n-]cn1)C(=O)NO.[Co+2].[O-][Cl+3]([O-])([O-])[O-]. The third kappa shape index (κ3) is 11.7. The first kappa shape index (κ1) is 19.6. The number of hydrogen-bond acceptors (Lipinski definition) is 8. The molecule has 1 rings (SSSR count). The van der Waals surface area contributed by atoms with Crippen LogP contribution in [0.1, 0.15) is 5.69 Å². The Morgan fingerprint density at radius 1 is 1.56 bits per heavy atom. The van der Waals surface area contributed by atoms with E-state index >= 15 is 0 Å². The second-order valence-corrected chi connectivity index (χ2v) is 3.43. The Hall–Kier alpha value is -0.764. The van der Waals surface area contributed by atoms with Gasteiger partial charge in [0.25, 0.3) is 5.91 Å². The number of halogens is 1. The summed E-state index contributed by atoms with van der Waals surface area (Å²) >= 11 is 0. The van der Waals surface area contributed by atoms with E-state index < -0.39 is 22.2 Å². The van der Waals surface area contributed by atoms with Gasteiger partial charge in [0.1, 0.15) is 0 Å². The summed E-state index contributed by atoms with van der Waals surface area (Å²) in [5, 5.41) is 8.22. The topological polar surface area (TPSA) is 195 Å². The van der Waals surface area contributed by atoms with Crippen LogP contribution in [-0.4, -0.2) is 22.1 Å². The van der Waals surface area contributed by atoms with Crippen molar-refractivity contribution < 1.29 is 55.7 Å². The van der Waals surface area contributed by atoms with Gasteiger partial charge in [0.2, 0.25) is 0 Å². The molecule has 0 aromatic carbocycles. The molecule has 0 bridgehead atoms. The fourth-order valence-corrected chi connectivity index (χ4v) is 0.767. The van der Waals surface area contributed by atoms with Gasteiger partial charge in [-0.15, -0.1) is 10.2 Å². The Morgan fingerprint density at radius 3 is 2.39 bits per heavy atom. The number of hydrogen-bond donors (Lipinski definition) is 3. The van der Waals surface area contributed by atoms with Crippen molar-refractivity contribution in [2.75, 3.05) is 0 Å². The first-order valence-corrected chi connectivity index (χ1v) is 5.20. The maximum absolute atomic E-state index is 10.7. The van der Waals surface area contributed by atoms with Crippen LogP contribution in [0.3, 0.4) is 0 Å². The van der Waals surface area contributed by atoms with Gasteiger partial charge in [0, 0.05) is 0 Å². The summed E-state index contributed by atoms with van der Waals surface area (Å²) in [5.41, 5.74) is 7.47. The minimum absolute atomic E-state index is 0. The standard InChI is InChI=1S/C6H10N4O2.ClHO4.Co/c7-5(6(11)10-12)1-4-2-8-3-9-4;2-1(3,4)5;/h2-3,5H,1,7H2,(H3,8,9,10,11,12);(H,2,3,4,5);/q;;+2/p-2/t5-;;/m0../s1. The predicted octanol–water partition coefficient (Wildman–Crippen LogP) is -6.34. The van der Waals surface area contributed by atoms with Crippen LogP contribution >= 0.6 is 0 Å². The minimum atomic E-state index is -4.94. The molecular weight excluding hydrogens is 318 g/mol. The number of amides is 1. The van der Waals surface area contributed by atoms with Gasteiger partial charge in [-0.25, -0.2) is 24.1 Å². The van der Waals surface area contributed by atoms with Crippen LogP contribution in [0.25, 0.3) is 0 Å². The number of aromatic nitrogens is 2. The van der Waals surface area contributed by atoms with Crippen molar-refractivity contribution >= 4 is 5.91 Å². The number of nitrogens with two attached hydrogens (primary N) is 1. The Labute approximate surface area is 114 Å². The molecule has 0 saturated heterocycles. The number of hydroxylamine groups is 1. The Bertz CT molecular complexity index is 325. The third-order valence-electron chi connectivity index (χ3n) is 1.39. The molecule has 0 unspecified atom stereocenters. The van der Waals surface area contributed by atoms with Crippen LogP contribution in [0.15, 0.2) is 12.5 Å². The zero-order valence-corrected chi connectivity index (χ0v) is 10.4. The molecule has 0 aliphatic carbocycles. The van der Waals surface area contributed by atoms with Crippen LogP contribution in [0.5, 0.6) is 0 Å². The smallest absolute Gasteiger partial charge is 0.450 e.